The summed E-state index contributed by atoms with van der Waals surface area (Å²) < 4.78 is 54.3. The van der Waals surface area contributed by atoms with Crippen molar-refractivity contribution in [2.45, 2.75) is 76.1 Å². The highest BCUT2D eigenvalue weighted by Gasteiger charge is 2.58. The Morgan fingerprint density at radius 3 is 2.04 bits per heavy atom. The lowest BCUT2D eigenvalue weighted by molar-refractivity contribution is -0.210. The van der Waals surface area contributed by atoms with E-state index >= 15 is 0 Å². The molecule has 0 aromatic carbocycles. The van der Waals surface area contributed by atoms with Crippen LogP contribution < -0.4 is 0 Å². The first kappa shape index (κ1) is 17.0. The smallest absolute Gasteiger partial charge is 0.310 e. The molecule has 2 nitrogen and oxygen atoms in total. The van der Waals surface area contributed by atoms with Crippen LogP contribution in [0.25, 0.3) is 0 Å². The van der Waals surface area contributed by atoms with E-state index in [1.165, 1.54) is 0 Å². The van der Waals surface area contributed by atoms with Crippen molar-refractivity contribution in [3.05, 3.63) is 0 Å². The van der Waals surface area contributed by atoms with E-state index in [1.54, 1.807) is 0 Å². The summed E-state index contributed by atoms with van der Waals surface area (Å²) in [7, 11) is 0. The molecule has 0 aromatic heterocycles. The molecule has 1 N–H and O–H groups in total. The molecule has 3 unspecified atom stereocenters. The number of hydrogen-bond donors (Lipinski definition) is 1. The number of hydrogen-bond acceptors (Lipinski definition) is 1. The molecule has 23 heavy (non-hydrogen) atoms. The Kier molecular flexibility index (Phi) is 4.16. The van der Waals surface area contributed by atoms with E-state index in [2.05, 4.69) is 0 Å². The Morgan fingerprint density at radius 1 is 0.870 bits per heavy atom. The molecule has 6 heteroatoms. The van der Waals surface area contributed by atoms with E-state index in [-0.39, 0.29) is 24.7 Å². The van der Waals surface area contributed by atoms with Gasteiger partial charge in [0.15, 0.2) is 0 Å². The summed E-state index contributed by atoms with van der Waals surface area (Å²) in [6, 6.07) is 0. The predicted octanol–water partition coefficient (Wildman–Crippen LogP) is 5.12. The van der Waals surface area contributed by atoms with Crippen LogP contribution in [0.3, 0.4) is 0 Å². The minimum atomic E-state index is -3.93. The van der Waals surface area contributed by atoms with Crippen LogP contribution in [0.15, 0.2) is 0 Å². The molecule has 0 heterocycles. The number of aliphatic carboxylic acids is 1. The van der Waals surface area contributed by atoms with Crippen LogP contribution in [0.4, 0.5) is 17.6 Å². The first-order valence-electron chi connectivity index (χ1n) is 8.64. The summed E-state index contributed by atoms with van der Waals surface area (Å²) in [4.78, 5) is 11.7. The van der Waals surface area contributed by atoms with Crippen LogP contribution in [0.2, 0.25) is 0 Å². The molecule has 3 atom stereocenters. The third-order valence-corrected chi connectivity index (χ3v) is 6.55. The Balaban J connectivity index is 1.76. The van der Waals surface area contributed by atoms with Gasteiger partial charge in [0.2, 0.25) is 0 Å². The van der Waals surface area contributed by atoms with Gasteiger partial charge in [-0.15, -0.1) is 0 Å². The van der Waals surface area contributed by atoms with Crippen LogP contribution in [0.5, 0.6) is 0 Å². The summed E-state index contributed by atoms with van der Waals surface area (Å²) in [5.41, 5.74) is -0.747. The minimum Gasteiger partial charge on any atom is -0.481 e. The average Bonchev–Trinajstić information content (AvgIpc) is 2.56. The lowest BCUT2D eigenvalue weighted by atomic mass is 9.56. The topological polar surface area (TPSA) is 37.3 Å². The fourth-order valence-corrected chi connectivity index (χ4v) is 5.24. The number of rotatable bonds is 2. The molecule has 3 fully saturated rings. The van der Waals surface area contributed by atoms with Crippen LogP contribution in [0, 0.1) is 23.2 Å². The summed E-state index contributed by atoms with van der Waals surface area (Å²) in [5, 5.41) is 9.64. The maximum Gasteiger partial charge on any atom is 0.310 e. The quantitative estimate of drug-likeness (QED) is 0.561. The molecule has 0 spiro atoms. The van der Waals surface area contributed by atoms with Crippen molar-refractivity contribution in [2.24, 2.45) is 23.2 Å². The second kappa shape index (κ2) is 5.62. The lowest BCUT2D eigenvalue weighted by Gasteiger charge is -2.47. The molecular formula is C17H24F4O2. The Labute approximate surface area is 133 Å². The van der Waals surface area contributed by atoms with Crippen molar-refractivity contribution < 1.29 is 27.5 Å². The molecule has 0 aromatic rings. The van der Waals surface area contributed by atoms with Gasteiger partial charge in [-0.25, -0.2) is 0 Å². The molecule has 0 amide bonds. The van der Waals surface area contributed by atoms with Crippen molar-refractivity contribution in [3.63, 3.8) is 0 Å². The Bertz CT molecular complexity index is 461. The van der Waals surface area contributed by atoms with E-state index in [9.17, 15) is 27.5 Å². The molecule has 0 saturated heterocycles. The fraction of sp³-hybridized carbons (Fsp3) is 0.941. The second-order valence-electron chi connectivity index (χ2n) is 7.99. The van der Waals surface area contributed by atoms with Gasteiger partial charge in [-0.1, -0.05) is 12.8 Å². The van der Waals surface area contributed by atoms with E-state index in [1.807, 2.05) is 0 Å². The Hall–Kier alpha value is -0.810. The zero-order chi connectivity index (χ0) is 16.9. The molecule has 3 aliphatic rings. The SMILES string of the molecule is O=C(O)C12CCCC(CC(C3CCC(F)(F)C(F)(F)CC3)C1)C2. The molecule has 0 aliphatic heterocycles. The van der Waals surface area contributed by atoms with Gasteiger partial charge >= 0.3 is 17.8 Å². The standard InChI is InChI=1S/C17H24F4O2/c18-16(19)6-3-12(4-7-17(16,20)21)13-8-11-2-1-5-15(9-11,10-13)14(22)23/h11-13H,1-10H2,(H,22,23). The number of carboxylic acid groups (broad SMARTS) is 1. The maximum atomic E-state index is 13.6. The molecule has 2 bridgehead atoms. The van der Waals surface area contributed by atoms with Crippen molar-refractivity contribution in [1.82, 2.24) is 0 Å². The Morgan fingerprint density at radius 2 is 1.48 bits per heavy atom. The highest BCUT2D eigenvalue weighted by molar-refractivity contribution is 5.75. The first-order valence-corrected chi connectivity index (χ1v) is 8.64. The monoisotopic (exact) mass is 336 g/mol. The third-order valence-electron chi connectivity index (χ3n) is 6.55. The molecule has 3 aliphatic carbocycles. The van der Waals surface area contributed by atoms with Crippen molar-refractivity contribution in [3.8, 4) is 0 Å². The summed E-state index contributed by atoms with van der Waals surface area (Å²) >= 11 is 0. The number of carbonyl (C=O) groups is 1. The first-order chi connectivity index (χ1) is 10.7. The predicted molar refractivity (Wildman–Crippen MR) is 76.6 cm³/mol. The van der Waals surface area contributed by atoms with Gasteiger partial charge in [-0.05, 0) is 56.3 Å². The molecule has 3 saturated carbocycles. The normalized spacial score (nSPS) is 40.3. The molecule has 132 valence electrons. The van der Waals surface area contributed by atoms with Crippen LogP contribution >= 0.6 is 0 Å². The van der Waals surface area contributed by atoms with E-state index in [0.717, 1.165) is 19.3 Å². The van der Waals surface area contributed by atoms with E-state index < -0.39 is 36.1 Å². The van der Waals surface area contributed by atoms with Crippen LogP contribution in [0.1, 0.15) is 64.2 Å². The largest absolute Gasteiger partial charge is 0.481 e. The minimum absolute atomic E-state index is 0.00477. The van der Waals surface area contributed by atoms with E-state index in [4.69, 9.17) is 0 Å². The summed E-state index contributed by atoms with van der Waals surface area (Å²) in [6.45, 7) is 0. The number of alkyl halides is 4. The van der Waals surface area contributed by atoms with Gasteiger partial charge < -0.3 is 5.11 Å². The van der Waals surface area contributed by atoms with Gasteiger partial charge in [-0.2, -0.15) is 17.6 Å². The van der Waals surface area contributed by atoms with Crippen molar-refractivity contribution in [2.75, 3.05) is 0 Å². The van der Waals surface area contributed by atoms with Crippen LogP contribution in [-0.2, 0) is 4.79 Å². The number of carboxylic acids is 1. The molecule has 0 radical (unpaired) electrons. The fourth-order valence-electron chi connectivity index (χ4n) is 5.24. The van der Waals surface area contributed by atoms with Crippen LogP contribution in [-0.4, -0.2) is 22.9 Å². The lowest BCUT2D eigenvalue weighted by Crippen LogP contribution is -2.44. The van der Waals surface area contributed by atoms with E-state index in [0.29, 0.717) is 25.2 Å². The third kappa shape index (κ3) is 2.98. The van der Waals surface area contributed by atoms with Crippen molar-refractivity contribution >= 4 is 5.97 Å². The number of fused-ring (bicyclic) bond motifs is 2. The van der Waals surface area contributed by atoms with Gasteiger partial charge in [0, 0.05) is 12.8 Å². The zero-order valence-corrected chi connectivity index (χ0v) is 13.2. The number of halogens is 4. The van der Waals surface area contributed by atoms with Gasteiger partial charge in [-0.3, -0.25) is 4.79 Å². The second-order valence-corrected chi connectivity index (χ2v) is 7.99. The molecule has 3 rings (SSSR count). The molecular weight excluding hydrogens is 312 g/mol. The zero-order valence-electron chi connectivity index (χ0n) is 13.2. The highest BCUT2D eigenvalue weighted by atomic mass is 19.3. The average molecular weight is 336 g/mol. The summed E-state index contributed by atoms with van der Waals surface area (Å²) in [6.07, 6.45) is 3.04. The van der Waals surface area contributed by atoms with Crippen molar-refractivity contribution in [1.29, 1.82) is 0 Å². The summed E-state index contributed by atoms with van der Waals surface area (Å²) in [5.74, 6) is -8.56. The highest BCUT2D eigenvalue weighted by Crippen LogP contribution is 2.55. The van der Waals surface area contributed by atoms with Gasteiger partial charge in [0.05, 0.1) is 5.41 Å². The van der Waals surface area contributed by atoms with Gasteiger partial charge in [0.1, 0.15) is 0 Å². The van der Waals surface area contributed by atoms with Gasteiger partial charge in [0.25, 0.3) is 0 Å². The maximum absolute atomic E-state index is 13.6.